The van der Waals surface area contributed by atoms with Gasteiger partial charge < -0.3 is 15.3 Å². The van der Waals surface area contributed by atoms with E-state index in [1.54, 1.807) is 18.7 Å². The molecule has 0 radical (unpaired) electrons. The minimum Gasteiger partial charge on any atom is -0.392 e. The number of hydrogen-bond acceptors (Lipinski definition) is 4. The third-order valence-corrected chi connectivity index (χ3v) is 5.56. The maximum absolute atomic E-state index is 12.9. The molecule has 0 aromatic heterocycles. The minimum absolute atomic E-state index is 0.0653. The Hall–Kier alpha value is -1.82. The molecular weight excluding hydrogens is 344 g/mol. The molecule has 0 saturated carbocycles. The van der Waals surface area contributed by atoms with Crippen molar-refractivity contribution in [3.63, 3.8) is 0 Å². The number of carbonyl (C=O) groups is 1. The summed E-state index contributed by atoms with van der Waals surface area (Å²) in [5.74, 6) is 0.0704. The largest absolute Gasteiger partial charge is 0.392 e. The first kappa shape index (κ1) is 19.0. The van der Waals surface area contributed by atoms with Crippen LogP contribution in [0.25, 0.3) is 0 Å². The first-order chi connectivity index (χ1) is 12.6. The Morgan fingerprint density at radius 2 is 1.92 bits per heavy atom. The van der Waals surface area contributed by atoms with Gasteiger partial charge in [-0.1, -0.05) is 42.5 Å². The van der Waals surface area contributed by atoms with Crippen LogP contribution in [0.3, 0.4) is 0 Å². The molecule has 0 bridgehead atoms. The van der Waals surface area contributed by atoms with E-state index in [4.69, 9.17) is 0 Å². The van der Waals surface area contributed by atoms with Crippen molar-refractivity contribution in [1.29, 1.82) is 0 Å². The fraction of sp³-hybridized carbons (Fsp3) is 0.381. The number of aliphatic hydroxyl groups excluding tert-OH is 1. The lowest BCUT2D eigenvalue weighted by Gasteiger charge is -2.38. The highest BCUT2D eigenvalue weighted by atomic mass is 32.2. The number of carbonyl (C=O) groups excluding carboxylic acids is 1. The summed E-state index contributed by atoms with van der Waals surface area (Å²) in [4.78, 5) is 16.1. The molecule has 0 aliphatic carbocycles. The van der Waals surface area contributed by atoms with Crippen molar-refractivity contribution in [2.75, 3.05) is 25.9 Å². The van der Waals surface area contributed by atoms with Gasteiger partial charge in [0.05, 0.1) is 18.7 Å². The number of rotatable bonds is 6. The van der Waals surface area contributed by atoms with Gasteiger partial charge in [-0.2, -0.15) is 0 Å². The van der Waals surface area contributed by atoms with Gasteiger partial charge >= 0.3 is 0 Å². The zero-order chi connectivity index (χ0) is 18.5. The second-order valence-corrected chi connectivity index (χ2v) is 7.51. The third-order valence-electron chi connectivity index (χ3n) is 4.75. The second-order valence-electron chi connectivity index (χ2n) is 6.66. The van der Waals surface area contributed by atoms with Gasteiger partial charge in [-0.05, 0) is 42.4 Å². The van der Waals surface area contributed by atoms with E-state index in [0.717, 1.165) is 6.42 Å². The Labute approximate surface area is 159 Å². The van der Waals surface area contributed by atoms with Gasteiger partial charge in [-0.25, -0.2) is 0 Å². The number of nitrogens with zero attached hydrogens (tertiary/aromatic N) is 1. The Balaban J connectivity index is 1.95. The molecule has 3 rings (SSSR count). The van der Waals surface area contributed by atoms with Crippen molar-refractivity contribution in [3.05, 3.63) is 65.2 Å². The van der Waals surface area contributed by atoms with E-state index in [1.807, 2.05) is 23.1 Å². The molecule has 2 N–H and O–H groups in total. The summed E-state index contributed by atoms with van der Waals surface area (Å²) in [5.41, 5.74) is 3.70. The molecule has 0 spiro atoms. The fourth-order valence-electron chi connectivity index (χ4n) is 3.55. The molecule has 5 heteroatoms. The van der Waals surface area contributed by atoms with E-state index < -0.39 is 6.10 Å². The topological polar surface area (TPSA) is 52.6 Å². The maximum atomic E-state index is 12.9. The molecule has 26 heavy (non-hydrogen) atoms. The van der Waals surface area contributed by atoms with E-state index in [0.29, 0.717) is 13.1 Å². The van der Waals surface area contributed by atoms with Gasteiger partial charge in [0.25, 0.3) is 0 Å². The molecule has 138 valence electrons. The van der Waals surface area contributed by atoms with Crippen LogP contribution in [0.2, 0.25) is 0 Å². The molecule has 1 aliphatic rings. The lowest BCUT2D eigenvalue weighted by Crippen LogP contribution is -2.45. The summed E-state index contributed by atoms with van der Waals surface area (Å²) in [6.45, 7) is 3.08. The first-order valence-corrected chi connectivity index (χ1v) is 10.2. The highest BCUT2D eigenvalue weighted by Crippen LogP contribution is 2.38. The molecule has 2 aromatic rings. The van der Waals surface area contributed by atoms with Crippen LogP contribution in [0, 0.1) is 0 Å². The Kier molecular flexibility index (Phi) is 6.35. The summed E-state index contributed by atoms with van der Waals surface area (Å²) in [5, 5.41) is 12.5. The smallest absolute Gasteiger partial charge is 0.237 e. The van der Waals surface area contributed by atoms with Crippen molar-refractivity contribution < 1.29 is 9.90 Å². The number of fused-ring (bicyclic) bond motifs is 1. The van der Waals surface area contributed by atoms with Crippen LogP contribution in [-0.2, 0) is 11.2 Å². The number of hydrogen-bond donors (Lipinski definition) is 2. The molecule has 0 fully saturated rings. The molecule has 1 aliphatic heterocycles. The van der Waals surface area contributed by atoms with Gasteiger partial charge in [0, 0.05) is 18.0 Å². The van der Waals surface area contributed by atoms with Crippen LogP contribution in [0.15, 0.2) is 53.4 Å². The third kappa shape index (κ3) is 4.11. The standard InChI is InChI=1S/C21H26N2O2S/c1-15(24)13-22-14-20(25)23-12-11-16-7-3-4-8-17(16)21(23)18-9-5-6-10-19(18)26-2/h3-10,15,21-22,24H,11-14H2,1-2H3/t15-,21?/m1/s1. The first-order valence-electron chi connectivity index (χ1n) is 9.00. The van der Waals surface area contributed by atoms with Crippen LogP contribution in [0.5, 0.6) is 0 Å². The molecule has 1 unspecified atom stereocenters. The highest BCUT2D eigenvalue weighted by molar-refractivity contribution is 7.98. The van der Waals surface area contributed by atoms with Crippen molar-refractivity contribution in [2.24, 2.45) is 0 Å². The lowest BCUT2D eigenvalue weighted by atomic mass is 9.88. The summed E-state index contributed by atoms with van der Waals surface area (Å²) in [7, 11) is 0. The van der Waals surface area contributed by atoms with Crippen LogP contribution in [0.4, 0.5) is 0 Å². The van der Waals surface area contributed by atoms with Crippen LogP contribution in [0.1, 0.15) is 29.7 Å². The normalized spacial score (nSPS) is 17.7. The monoisotopic (exact) mass is 370 g/mol. The highest BCUT2D eigenvalue weighted by Gasteiger charge is 2.32. The van der Waals surface area contributed by atoms with E-state index in [1.165, 1.54) is 21.6 Å². The maximum Gasteiger partial charge on any atom is 0.237 e. The zero-order valence-corrected chi connectivity index (χ0v) is 16.1. The Bertz CT molecular complexity index is 763. The van der Waals surface area contributed by atoms with E-state index in [2.05, 4.69) is 41.9 Å². The van der Waals surface area contributed by atoms with Crippen LogP contribution < -0.4 is 5.32 Å². The van der Waals surface area contributed by atoms with Gasteiger partial charge in [0.15, 0.2) is 0 Å². The average Bonchev–Trinajstić information content (AvgIpc) is 2.66. The van der Waals surface area contributed by atoms with E-state index >= 15 is 0 Å². The summed E-state index contributed by atoms with van der Waals surface area (Å²) < 4.78 is 0. The zero-order valence-electron chi connectivity index (χ0n) is 15.3. The van der Waals surface area contributed by atoms with Gasteiger partial charge in [-0.3, -0.25) is 4.79 Å². The fourth-order valence-corrected chi connectivity index (χ4v) is 4.18. The number of benzene rings is 2. The molecule has 2 atom stereocenters. The van der Waals surface area contributed by atoms with E-state index in [-0.39, 0.29) is 18.5 Å². The average molecular weight is 371 g/mol. The van der Waals surface area contributed by atoms with Gasteiger partial charge in [0.2, 0.25) is 5.91 Å². The number of amides is 1. The summed E-state index contributed by atoms with van der Waals surface area (Å²) >= 11 is 1.71. The lowest BCUT2D eigenvalue weighted by molar-refractivity contribution is -0.132. The molecule has 4 nitrogen and oxygen atoms in total. The van der Waals surface area contributed by atoms with Crippen LogP contribution >= 0.6 is 11.8 Å². The van der Waals surface area contributed by atoms with Crippen molar-refractivity contribution in [1.82, 2.24) is 10.2 Å². The number of nitrogens with one attached hydrogen (secondary N) is 1. The van der Waals surface area contributed by atoms with Crippen LogP contribution in [-0.4, -0.2) is 47.9 Å². The summed E-state index contributed by atoms with van der Waals surface area (Å²) in [6.07, 6.45) is 2.48. The number of aliphatic hydroxyl groups is 1. The SMILES string of the molecule is CSc1ccccc1C1c2ccccc2CCN1C(=O)CNC[C@@H](C)O. The Morgan fingerprint density at radius 1 is 1.23 bits per heavy atom. The van der Waals surface area contributed by atoms with E-state index in [9.17, 15) is 9.90 Å². The Morgan fingerprint density at radius 3 is 2.65 bits per heavy atom. The van der Waals surface area contributed by atoms with Gasteiger partial charge in [0.1, 0.15) is 0 Å². The van der Waals surface area contributed by atoms with Crippen molar-refractivity contribution in [2.45, 2.75) is 30.4 Å². The van der Waals surface area contributed by atoms with Gasteiger partial charge in [-0.15, -0.1) is 11.8 Å². The molecule has 2 aromatic carbocycles. The summed E-state index contributed by atoms with van der Waals surface area (Å²) in [6, 6.07) is 16.7. The molecular formula is C21H26N2O2S. The number of thioether (sulfide) groups is 1. The second kappa shape index (κ2) is 8.71. The molecule has 1 amide bonds. The quantitative estimate of drug-likeness (QED) is 0.768. The predicted molar refractivity (Wildman–Crippen MR) is 106 cm³/mol. The minimum atomic E-state index is -0.460. The van der Waals surface area contributed by atoms with Crippen molar-refractivity contribution >= 4 is 17.7 Å². The molecule has 1 heterocycles. The molecule has 0 saturated heterocycles. The predicted octanol–water partition coefficient (Wildman–Crippen LogP) is 2.85. The van der Waals surface area contributed by atoms with Crippen molar-refractivity contribution in [3.8, 4) is 0 Å².